The van der Waals surface area contributed by atoms with Crippen molar-refractivity contribution in [3.63, 3.8) is 0 Å². The molecule has 0 fully saturated rings. The summed E-state index contributed by atoms with van der Waals surface area (Å²) in [6.07, 6.45) is 4.77. The van der Waals surface area contributed by atoms with Gasteiger partial charge in [0.1, 0.15) is 0 Å². The van der Waals surface area contributed by atoms with Gasteiger partial charge < -0.3 is 0 Å². The molecule has 21 heavy (non-hydrogen) atoms. The van der Waals surface area contributed by atoms with Gasteiger partial charge in [-0.2, -0.15) is 0 Å². The molecule has 112 valence electrons. The van der Waals surface area contributed by atoms with Crippen LogP contribution in [0.15, 0.2) is 37.9 Å². The maximum absolute atomic E-state index is 5.84. The predicted molar refractivity (Wildman–Crippen MR) is 96.5 cm³/mol. The van der Waals surface area contributed by atoms with Gasteiger partial charge in [0.05, 0.1) is 7.57 Å². The Hall–Kier alpha value is -0.200. The number of fused-ring (bicyclic) bond motifs is 1. The third-order valence-corrected chi connectivity index (χ3v) is 6.66. The number of aryl methyl sites for hydroxylation is 1. The van der Waals surface area contributed by atoms with Crippen LogP contribution >= 0.6 is 43.2 Å². The zero-order valence-corrected chi connectivity index (χ0v) is 15.6. The maximum Gasteiger partial charge on any atom is 0.0758 e. The van der Waals surface area contributed by atoms with E-state index in [-0.39, 0.29) is 6.04 Å². The molecule has 2 unspecified atom stereocenters. The summed E-state index contributed by atoms with van der Waals surface area (Å²) in [5, 5.41) is 0. The van der Waals surface area contributed by atoms with Crippen LogP contribution in [0.4, 0.5) is 0 Å². The van der Waals surface area contributed by atoms with Crippen molar-refractivity contribution in [2.24, 2.45) is 5.84 Å². The molecule has 2 aromatic rings. The first-order valence-corrected chi connectivity index (χ1v) is 9.58. The van der Waals surface area contributed by atoms with Crippen molar-refractivity contribution in [3.05, 3.63) is 54.6 Å². The van der Waals surface area contributed by atoms with Crippen molar-refractivity contribution in [2.75, 3.05) is 0 Å². The summed E-state index contributed by atoms with van der Waals surface area (Å²) >= 11 is 8.90. The molecule has 0 saturated heterocycles. The minimum absolute atomic E-state index is 0.179. The van der Waals surface area contributed by atoms with Crippen molar-refractivity contribution >= 4 is 43.2 Å². The lowest BCUT2D eigenvalue weighted by molar-refractivity contribution is 0.425. The van der Waals surface area contributed by atoms with E-state index in [1.54, 1.807) is 11.3 Å². The van der Waals surface area contributed by atoms with Crippen LogP contribution < -0.4 is 11.3 Å². The molecule has 5 heteroatoms. The van der Waals surface area contributed by atoms with Crippen LogP contribution in [0.3, 0.4) is 0 Å². The Morgan fingerprint density at radius 3 is 2.86 bits per heavy atom. The summed E-state index contributed by atoms with van der Waals surface area (Å²) in [5.41, 5.74) is 7.27. The predicted octanol–water partition coefficient (Wildman–Crippen LogP) is 5.29. The van der Waals surface area contributed by atoms with Gasteiger partial charge in [-0.05, 0) is 86.2 Å². The average Bonchev–Trinajstić information content (AvgIpc) is 2.83. The number of rotatable bonds is 4. The summed E-state index contributed by atoms with van der Waals surface area (Å²) in [5.74, 6) is 6.42. The van der Waals surface area contributed by atoms with Gasteiger partial charge >= 0.3 is 0 Å². The standard InChI is InChI=1S/C16H18Br2N2S/c17-15-9-13(16(18)21-15)14(20-19)8-11-6-3-5-10-4-1-2-7-12(10)11/h1-2,4,7,9,11,14,20H,3,5-6,8,19H2. The highest BCUT2D eigenvalue weighted by atomic mass is 79.9. The smallest absolute Gasteiger partial charge is 0.0758 e. The largest absolute Gasteiger partial charge is 0.271 e. The van der Waals surface area contributed by atoms with E-state index in [2.05, 4.69) is 67.6 Å². The highest BCUT2D eigenvalue weighted by molar-refractivity contribution is 9.12. The van der Waals surface area contributed by atoms with E-state index in [9.17, 15) is 0 Å². The Morgan fingerprint density at radius 2 is 2.14 bits per heavy atom. The monoisotopic (exact) mass is 428 g/mol. The number of halogens is 2. The molecule has 1 aliphatic carbocycles. The van der Waals surface area contributed by atoms with Crippen LogP contribution in [0.5, 0.6) is 0 Å². The van der Waals surface area contributed by atoms with E-state index in [1.807, 2.05) is 0 Å². The van der Waals surface area contributed by atoms with Gasteiger partial charge in [-0.15, -0.1) is 11.3 Å². The Labute approximate surface area is 146 Å². The molecule has 2 nitrogen and oxygen atoms in total. The van der Waals surface area contributed by atoms with E-state index in [0.717, 1.165) is 14.0 Å². The molecule has 1 aliphatic rings. The average molecular weight is 430 g/mol. The molecule has 1 aromatic heterocycles. The minimum Gasteiger partial charge on any atom is -0.271 e. The van der Waals surface area contributed by atoms with Gasteiger partial charge in [-0.1, -0.05) is 24.3 Å². The molecule has 0 bridgehead atoms. The number of hydrazine groups is 1. The lowest BCUT2D eigenvalue weighted by Gasteiger charge is -2.28. The van der Waals surface area contributed by atoms with Crippen LogP contribution in [0.25, 0.3) is 0 Å². The molecule has 1 aromatic carbocycles. The molecular formula is C16H18Br2N2S. The molecule has 0 spiro atoms. The molecule has 1 heterocycles. The van der Waals surface area contributed by atoms with Crippen molar-refractivity contribution in [1.29, 1.82) is 0 Å². The lowest BCUT2D eigenvalue weighted by atomic mass is 9.79. The first-order valence-electron chi connectivity index (χ1n) is 7.17. The second-order valence-electron chi connectivity index (χ2n) is 5.52. The van der Waals surface area contributed by atoms with E-state index < -0.39 is 0 Å². The first-order chi connectivity index (χ1) is 10.2. The number of nitrogens with two attached hydrogens (primary N) is 1. The number of thiophene rings is 1. The second-order valence-corrected chi connectivity index (χ2v) is 9.27. The zero-order chi connectivity index (χ0) is 14.8. The van der Waals surface area contributed by atoms with Gasteiger partial charge in [-0.3, -0.25) is 11.3 Å². The zero-order valence-electron chi connectivity index (χ0n) is 11.6. The normalized spacial score (nSPS) is 19.3. The molecule has 3 rings (SSSR count). The Kier molecular flexibility index (Phi) is 5.17. The Morgan fingerprint density at radius 1 is 1.33 bits per heavy atom. The van der Waals surface area contributed by atoms with Crippen molar-refractivity contribution in [2.45, 2.75) is 37.6 Å². The molecule has 2 atom stereocenters. The topological polar surface area (TPSA) is 38.0 Å². The van der Waals surface area contributed by atoms with Gasteiger partial charge in [0.15, 0.2) is 0 Å². The SMILES string of the molecule is NNC(CC1CCCc2ccccc21)c1cc(Br)sc1Br. The molecule has 0 radical (unpaired) electrons. The molecule has 3 N–H and O–H groups in total. The van der Waals surface area contributed by atoms with E-state index in [1.165, 1.54) is 36.0 Å². The Bertz CT molecular complexity index is 626. The van der Waals surface area contributed by atoms with Gasteiger partial charge in [0, 0.05) is 6.04 Å². The van der Waals surface area contributed by atoms with Crippen LogP contribution in [0, 0.1) is 0 Å². The number of benzene rings is 1. The van der Waals surface area contributed by atoms with E-state index >= 15 is 0 Å². The number of nitrogens with one attached hydrogen (secondary N) is 1. The maximum atomic E-state index is 5.84. The fraction of sp³-hybridized carbons (Fsp3) is 0.375. The summed E-state index contributed by atoms with van der Waals surface area (Å²) in [7, 11) is 0. The van der Waals surface area contributed by atoms with E-state index in [0.29, 0.717) is 5.92 Å². The minimum atomic E-state index is 0.179. The first kappa shape index (κ1) is 15.7. The Balaban J connectivity index is 1.84. The summed E-state index contributed by atoms with van der Waals surface area (Å²) in [6, 6.07) is 11.2. The quantitative estimate of drug-likeness (QED) is 0.511. The molecular weight excluding hydrogens is 412 g/mol. The third-order valence-electron chi connectivity index (χ3n) is 4.27. The summed E-state index contributed by atoms with van der Waals surface area (Å²) < 4.78 is 2.29. The van der Waals surface area contributed by atoms with Crippen molar-refractivity contribution < 1.29 is 0 Å². The van der Waals surface area contributed by atoms with Crippen LogP contribution in [-0.4, -0.2) is 0 Å². The highest BCUT2D eigenvalue weighted by Gasteiger charge is 2.25. The van der Waals surface area contributed by atoms with Crippen LogP contribution in [-0.2, 0) is 6.42 Å². The van der Waals surface area contributed by atoms with Crippen molar-refractivity contribution in [3.8, 4) is 0 Å². The van der Waals surface area contributed by atoms with Gasteiger partial charge in [-0.25, -0.2) is 0 Å². The number of hydrogen-bond donors (Lipinski definition) is 2. The van der Waals surface area contributed by atoms with Crippen molar-refractivity contribution in [1.82, 2.24) is 5.43 Å². The molecule has 0 saturated carbocycles. The van der Waals surface area contributed by atoms with Gasteiger partial charge in [0.2, 0.25) is 0 Å². The fourth-order valence-corrected chi connectivity index (χ4v) is 6.23. The molecule has 0 aliphatic heterocycles. The molecule has 0 amide bonds. The van der Waals surface area contributed by atoms with Gasteiger partial charge in [0.25, 0.3) is 0 Å². The fourth-order valence-electron chi connectivity index (χ4n) is 3.26. The highest BCUT2D eigenvalue weighted by Crippen LogP contribution is 2.41. The second kappa shape index (κ2) is 6.92. The van der Waals surface area contributed by atoms with E-state index in [4.69, 9.17) is 5.84 Å². The lowest BCUT2D eigenvalue weighted by Crippen LogP contribution is -2.30. The third kappa shape index (κ3) is 3.42. The number of hydrogen-bond acceptors (Lipinski definition) is 3. The summed E-state index contributed by atoms with van der Waals surface area (Å²) in [6.45, 7) is 0. The van der Waals surface area contributed by atoms with Crippen LogP contribution in [0.2, 0.25) is 0 Å². The summed E-state index contributed by atoms with van der Waals surface area (Å²) in [4.78, 5) is 0. The van der Waals surface area contributed by atoms with Crippen LogP contribution in [0.1, 0.15) is 47.9 Å².